The molecule has 0 fully saturated rings. The predicted molar refractivity (Wildman–Crippen MR) is 87.3 cm³/mol. The summed E-state index contributed by atoms with van der Waals surface area (Å²) < 4.78 is 5.36. The Morgan fingerprint density at radius 3 is 2.96 bits per heavy atom. The maximum Gasteiger partial charge on any atom is 0.257 e. The normalized spacial score (nSPS) is 12.1. The zero-order chi connectivity index (χ0) is 16.1. The molecule has 0 amide bonds. The molecule has 3 aromatic rings. The van der Waals surface area contributed by atoms with Gasteiger partial charge in [0.1, 0.15) is 5.82 Å². The van der Waals surface area contributed by atoms with E-state index in [1.165, 1.54) is 0 Å². The van der Waals surface area contributed by atoms with Gasteiger partial charge < -0.3 is 15.2 Å². The van der Waals surface area contributed by atoms with Crippen LogP contribution < -0.4 is 10.6 Å². The highest BCUT2D eigenvalue weighted by Crippen LogP contribution is 2.23. The molecule has 0 bridgehead atoms. The Hall–Kier alpha value is -2.80. The lowest BCUT2D eigenvalue weighted by Crippen LogP contribution is -2.24. The second kappa shape index (κ2) is 6.97. The molecule has 0 aliphatic heterocycles. The SMILES string of the molecule is CNC(C)Cc1noc(-c2cccc(Nc3cnccn3)c2)n1. The summed E-state index contributed by atoms with van der Waals surface area (Å²) in [6.45, 7) is 2.07. The van der Waals surface area contributed by atoms with Crippen molar-refractivity contribution in [2.75, 3.05) is 12.4 Å². The zero-order valence-corrected chi connectivity index (χ0v) is 13.0. The third kappa shape index (κ3) is 3.89. The molecule has 0 aliphatic carbocycles. The van der Waals surface area contributed by atoms with E-state index in [4.69, 9.17) is 4.52 Å². The van der Waals surface area contributed by atoms with Crippen LogP contribution in [0, 0.1) is 0 Å². The molecule has 2 aromatic heterocycles. The van der Waals surface area contributed by atoms with Crippen LogP contribution in [0.25, 0.3) is 11.5 Å². The molecule has 2 heterocycles. The van der Waals surface area contributed by atoms with Gasteiger partial charge in [-0.05, 0) is 32.2 Å². The monoisotopic (exact) mass is 310 g/mol. The molecule has 0 saturated heterocycles. The van der Waals surface area contributed by atoms with Crippen molar-refractivity contribution < 1.29 is 4.52 Å². The molecule has 1 unspecified atom stereocenters. The first-order chi connectivity index (χ1) is 11.2. The fourth-order valence-electron chi connectivity index (χ4n) is 2.07. The van der Waals surface area contributed by atoms with Crippen molar-refractivity contribution in [2.45, 2.75) is 19.4 Å². The summed E-state index contributed by atoms with van der Waals surface area (Å²) >= 11 is 0. The quantitative estimate of drug-likeness (QED) is 0.722. The third-order valence-electron chi connectivity index (χ3n) is 3.39. The molecular weight excluding hydrogens is 292 g/mol. The summed E-state index contributed by atoms with van der Waals surface area (Å²) in [5.41, 5.74) is 1.74. The van der Waals surface area contributed by atoms with Crippen molar-refractivity contribution in [3.8, 4) is 11.5 Å². The standard InChI is InChI=1S/C16H18N6O/c1-11(17-2)8-14-21-16(23-22-14)12-4-3-5-13(9-12)20-15-10-18-6-7-19-15/h3-7,9-11,17H,8H2,1-2H3,(H,19,20). The summed E-state index contributed by atoms with van der Waals surface area (Å²) in [6, 6.07) is 8.03. The van der Waals surface area contributed by atoms with Gasteiger partial charge in [-0.15, -0.1) is 0 Å². The van der Waals surface area contributed by atoms with Crippen molar-refractivity contribution in [3.05, 3.63) is 48.7 Å². The van der Waals surface area contributed by atoms with E-state index < -0.39 is 0 Å². The van der Waals surface area contributed by atoms with Crippen molar-refractivity contribution in [2.24, 2.45) is 0 Å². The van der Waals surface area contributed by atoms with E-state index in [2.05, 4.69) is 37.7 Å². The fraction of sp³-hybridized carbons (Fsp3) is 0.250. The van der Waals surface area contributed by atoms with E-state index in [0.717, 1.165) is 17.7 Å². The van der Waals surface area contributed by atoms with Gasteiger partial charge in [0, 0.05) is 36.1 Å². The molecule has 1 atom stereocenters. The van der Waals surface area contributed by atoms with Crippen LogP contribution >= 0.6 is 0 Å². The van der Waals surface area contributed by atoms with Gasteiger partial charge in [-0.3, -0.25) is 4.98 Å². The largest absolute Gasteiger partial charge is 0.339 e. The van der Waals surface area contributed by atoms with E-state index >= 15 is 0 Å². The third-order valence-corrected chi connectivity index (χ3v) is 3.39. The first kappa shape index (κ1) is 15.1. The maximum absolute atomic E-state index is 5.36. The fourth-order valence-corrected chi connectivity index (χ4v) is 2.07. The number of likely N-dealkylation sites (N-methyl/N-ethyl adjacent to an activating group) is 1. The highest BCUT2D eigenvalue weighted by molar-refractivity contribution is 5.64. The summed E-state index contributed by atoms with van der Waals surface area (Å²) in [6.07, 6.45) is 5.65. The van der Waals surface area contributed by atoms with Crippen LogP contribution in [0.2, 0.25) is 0 Å². The number of hydrogen-bond acceptors (Lipinski definition) is 7. The molecule has 3 rings (SSSR count). The van der Waals surface area contributed by atoms with Crippen molar-refractivity contribution in [3.63, 3.8) is 0 Å². The maximum atomic E-state index is 5.36. The minimum absolute atomic E-state index is 0.296. The molecule has 0 saturated carbocycles. The first-order valence-corrected chi connectivity index (χ1v) is 7.38. The Kier molecular flexibility index (Phi) is 4.58. The first-order valence-electron chi connectivity index (χ1n) is 7.38. The van der Waals surface area contributed by atoms with Gasteiger partial charge in [0.05, 0.1) is 6.20 Å². The lowest BCUT2D eigenvalue weighted by atomic mass is 10.2. The average molecular weight is 310 g/mol. The van der Waals surface area contributed by atoms with E-state index in [1.54, 1.807) is 18.6 Å². The molecule has 23 heavy (non-hydrogen) atoms. The Balaban J connectivity index is 1.77. The second-order valence-corrected chi connectivity index (χ2v) is 5.21. The van der Waals surface area contributed by atoms with Crippen LogP contribution in [0.1, 0.15) is 12.7 Å². The van der Waals surface area contributed by atoms with E-state index in [1.807, 2.05) is 31.3 Å². The van der Waals surface area contributed by atoms with E-state index in [9.17, 15) is 0 Å². The molecule has 0 spiro atoms. The van der Waals surface area contributed by atoms with Gasteiger partial charge >= 0.3 is 0 Å². The minimum atomic E-state index is 0.296. The molecule has 2 N–H and O–H groups in total. The summed E-state index contributed by atoms with van der Waals surface area (Å²) in [4.78, 5) is 12.7. The van der Waals surface area contributed by atoms with E-state index in [-0.39, 0.29) is 0 Å². The smallest absolute Gasteiger partial charge is 0.257 e. The number of rotatable bonds is 6. The Morgan fingerprint density at radius 1 is 1.26 bits per heavy atom. The van der Waals surface area contributed by atoms with Gasteiger partial charge in [0.15, 0.2) is 5.82 Å². The number of nitrogens with one attached hydrogen (secondary N) is 2. The Labute approximate surface area is 134 Å². The van der Waals surface area contributed by atoms with Crippen LogP contribution in [0.15, 0.2) is 47.4 Å². The Bertz CT molecular complexity index is 758. The van der Waals surface area contributed by atoms with Gasteiger partial charge in [0.2, 0.25) is 0 Å². The van der Waals surface area contributed by atoms with Crippen LogP contribution in [0.5, 0.6) is 0 Å². The topological polar surface area (TPSA) is 88.8 Å². The van der Waals surface area contributed by atoms with Gasteiger partial charge in [-0.2, -0.15) is 4.98 Å². The molecule has 118 valence electrons. The number of anilines is 2. The van der Waals surface area contributed by atoms with Crippen molar-refractivity contribution in [1.29, 1.82) is 0 Å². The number of aromatic nitrogens is 4. The lowest BCUT2D eigenvalue weighted by Gasteiger charge is -2.05. The van der Waals surface area contributed by atoms with Crippen LogP contribution in [0.4, 0.5) is 11.5 Å². The van der Waals surface area contributed by atoms with Gasteiger partial charge in [0.25, 0.3) is 5.89 Å². The molecular formula is C16H18N6O. The zero-order valence-electron chi connectivity index (χ0n) is 13.0. The highest BCUT2D eigenvalue weighted by Gasteiger charge is 2.11. The number of hydrogen-bond donors (Lipinski definition) is 2. The molecule has 1 aromatic carbocycles. The van der Waals surface area contributed by atoms with E-state index in [0.29, 0.717) is 23.6 Å². The van der Waals surface area contributed by atoms with Gasteiger partial charge in [-0.1, -0.05) is 11.2 Å². The summed E-state index contributed by atoms with van der Waals surface area (Å²) in [5.74, 6) is 1.87. The van der Waals surface area contributed by atoms with Crippen LogP contribution in [0.3, 0.4) is 0 Å². The summed E-state index contributed by atoms with van der Waals surface area (Å²) in [7, 11) is 1.91. The van der Waals surface area contributed by atoms with Crippen molar-refractivity contribution >= 4 is 11.5 Å². The molecule has 7 heteroatoms. The molecule has 0 aliphatic rings. The predicted octanol–water partition coefficient (Wildman–Crippen LogP) is 2.42. The van der Waals surface area contributed by atoms with Crippen molar-refractivity contribution in [1.82, 2.24) is 25.4 Å². The van der Waals surface area contributed by atoms with Crippen LogP contribution in [-0.4, -0.2) is 33.2 Å². The molecule has 7 nitrogen and oxygen atoms in total. The lowest BCUT2D eigenvalue weighted by molar-refractivity contribution is 0.418. The number of nitrogens with zero attached hydrogens (tertiary/aromatic N) is 4. The second-order valence-electron chi connectivity index (χ2n) is 5.21. The highest BCUT2D eigenvalue weighted by atomic mass is 16.5. The minimum Gasteiger partial charge on any atom is -0.339 e. The Morgan fingerprint density at radius 2 is 2.17 bits per heavy atom. The van der Waals surface area contributed by atoms with Gasteiger partial charge in [-0.25, -0.2) is 4.98 Å². The molecule has 0 radical (unpaired) electrons. The van der Waals surface area contributed by atoms with Crippen LogP contribution in [-0.2, 0) is 6.42 Å². The number of benzene rings is 1. The average Bonchev–Trinajstić information content (AvgIpc) is 3.04. The summed E-state index contributed by atoms with van der Waals surface area (Å²) in [5, 5.41) is 10.4.